The number of nitrogens with two attached hydrogens (primary N) is 1. The molecule has 0 fully saturated rings. The fourth-order valence-corrected chi connectivity index (χ4v) is 3.38. The molecule has 0 aliphatic carbocycles. The fraction of sp³-hybridized carbons (Fsp3) is 0.300. The summed E-state index contributed by atoms with van der Waals surface area (Å²) < 4.78 is 5.82. The highest BCUT2D eigenvalue weighted by Crippen LogP contribution is 2.33. The van der Waals surface area contributed by atoms with Gasteiger partial charge in [-0.15, -0.1) is 0 Å². The summed E-state index contributed by atoms with van der Waals surface area (Å²) in [6.45, 7) is 6.34. The molecule has 0 saturated heterocycles. The van der Waals surface area contributed by atoms with E-state index in [0.29, 0.717) is 23.7 Å². The lowest BCUT2D eigenvalue weighted by atomic mass is 9.92. The van der Waals surface area contributed by atoms with Crippen LogP contribution in [0.25, 0.3) is 0 Å². The van der Waals surface area contributed by atoms with E-state index in [1.54, 1.807) is 5.01 Å². The van der Waals surface area contributed by atoms with Gasteiger partial charge in [-0.05, 0) is 51.1 Å². The Bertz CT molecular complexity index is 932. The number of nitrogens with zero attached hydrogens (tertiary/aromatic N) is 4. The van der Waals surface area contributed by atoms with Gasteiger partial charge in [0.15, 0.2) is 0 Å². The largest absolute Gasteiger partial charge is 0.383 e. The van der Waals surface area contributed by atoms with Crippen LogP contribution in [0.2, 0.25) is 0 Å². The topological polar surface area (TPSA) is 89.9 Å². The zero-order valence-electron chi connectivity index (χ0n) is 15.6. The first-order valence-corrected chi connectivity index (χ1v) is 8.86. The Balaban J connectivity index is 1.69. The summed E-state index contributed by atoms with van der Waals surface area (Å²) in [5.74, 6) is 0.328. The maximum Gasteiger partial charge on any atom is 0.144 e. The average Bonchev–Trinajstić information content (AvgIpc) is 3.07. The molecule has 3 heterocycles. The molecule has 7 nitrogen and oxygen atoms in total. The second-order valence-electron chi connectivity index (χ2n) is 7.26. The second-order valence-corrected chi connectivity index (χ2v) is 7.26. The zero-order chi connectivity index (χ0) is 19.2. The first-order chi connectivity index (χ1) is 12.9. The quantitative estimate of drug-likeness (QED) is 0.840. The molecular formula is C20H22N6O. The van der Waals surface area contributed by atoms with E-state index >= 15 is 0 Å². The predicted octanol–water partition coefficient (Wildman–Crippen LogP) is 2.52. The number of fused-ring (bicyclic) bond motifs is 1. The monoisotopic (exact) mass is 362 g/mol. The minimum absolute atomic E-state index is 0.205. The van der Waals surface area contributed by atoms with E-state index in [0.717, 1.165) is 16.9 Å². The van der Waals surface area contributed by atoms with Crippen molar-refractivity contribution in [2.75, 3.05) is 16.5 Å². The number of hydrogen-bond acceptors (Lipinski definition) is 7. The number of anilines is 2. The fourth-order valence-electron chi connectivity index (χ4n) is 3.38. The van der Waals surface area contributed by atoms with Gasteiger partial charge in [-0.1, -0.05) is 0 Å². The van der Waals surface area contributed by atoms with Crippen molar-refractivity contribution in [1.29, 1.82) is 5.26 Å². The van der Waals surface area contributed by atoms with Crippen LogP contribution in [0.4, 0.5) is 11.4 Å². The highest BCUT2D eigenvalue weighted by atomic mass is 16.5. The molecule has 1 atom stereocenters. The van der Waals surface area contributed by atoms with Crippen molar-refractivity contribution in [1.82, 2.24) is 5.32 Å². The second kappa shape index (κ2) is 6.18. The van der Waals surface area contributed by atoms with Gasteiger partial charge in [0.05, 0.1) is 29.8 Å². The van der Waals surface area contributed by atoms with Crippen LogP contribution in [-0.2, 0) is 4.74 Å². The SMILES string of the molecule is CC1NC=CN1c1ccc(N2N=C3COC(C)(C)C=C3C(C#N)=C2N)cc1. The summed E-state index contributed by atoms with van der Waals surface area (Å²) in [4.78, 5) is 2.13. The Labute approximate surface area is 158 Å². The van der Waals surface area contributed by atoms with Crippen LogP contribution in [0.1, 0.15) is 20.8 Å². The lowest BCUT2D eigenvalue weighted by Crippen LogP contribution is -2.39. The summed E-state index contributed by atoms with van der Waals surface area (Å²) in [5, 5.41) is 19.2. The minimum Gasteiger partial charge on any atom is -0.383 e. The molecule has 4 rings (SSSR count). The standard InChI is InChI=1S/C20H22N6O/c1-13-23-8-9-25(13)14-4-6-15(7-5-14)26-19(22)17(11-21)16-10-20(2,3)27-12-18(16)24-26/h4-10,13,23H,12,22H2,1-3H3. The van der Waals surface area contributed by atoms with Crippen molar-refractivity contribution in [3.05, 3.63) is 59.7 Å². The molecule has 0 saturated carbocycles. The van der Waals surface area contributed by atoms with Crippen LogP contribution in [0.5, 0.6) is 0 Å². The number of nitriles is 1. The van der Waals surface area contributed by atoms with E-state index in [2.05, 4.69) is 28.3 Å². The maximum atomic E-state index is 9.68. The van der Waals surface area contributed by atoms with Gasteiger partial charge >= 0.3 is 0 Å². The third-order valence-corrected chi connectivity index (χ3v) is 4.85. The number of nitrogens with one attached hydrogen (secondary N) is 1. The van der Waals surface area contributed by atoms with E-state index in [4.69, 9.17) is 10.5 Å². The van der Waals surface area contributed by atoms with Gasteiger partial charge in [-0.3, -0.25) is 0 Å². The summed E-state index contributed by atoms with van der Waals surface area (Å²) >= 11 is 0. The number of allylic oxidation sites excluding steroid dienone is 1. The van der Waals surface area contributed by atoms with E-state index in [1.807, 2.05) is 56.6 Å². The molecule has 7 heteroatoms. The lowest BCUT2D eigenvalue weighted by molar-refractivity contribution is 0.0409. The smallest absolute Gasteiger partial charge is 0.144 e. The van der Waals surface area contributed by atoms with Crippen molar-refractivity contribution in [2.24, 2.45) is 10.8 Å². The van der Waals surface area contributed by atoms with Gasteiger partial charge in [-0.25, -0.2) is 5.01 Å². The highest BCUT2D eigenvalue weighted by molar-refractivity contribution is 6.08. The van der Waals surface area contributed by atoms with Crippen LogP contribution in [0, 0.1) is 11.3 Å². The summed E-state index contributed by atoms with van der Waals surface area (Å²) in [6.07, 6.45) is 6.04. The minimum atomic E-state index is -0.450. The molecule has 1 unspecified atom stereocenters. The summed E-state index contributed by atoms with van der Waals surface area (Å²) in [5.41, 5.74) is 9.62. The van der Waals surface area contributed by atoms with Gasteiger partial charge in [0.25, 0.3) is 0 Å². The van der Waals surface area contributed by atoms with Crippen LogP contribution in [-0.4, -0.2) is 24.1 Å². The lowest BCUT2D eigenvalue weighted by Gasteiger charge is -2.34. The average molecular weight is 362 g/mol. The van der Waals surface area contributed by atoms with Crippen molar-refractivity contribution in [2.45, 2.75) is 32.5 Å². The Morgan fingerprint density at radius 2 is 2.00 bits per heavy atom. The summed E-state index contributed by atoms with van der Waals surface area (Å²) in [6, 6.07) is 10.1. The van der Waals surface area contributed by atoms with Gasteiger partial charge < -0.3 is 20.7 Å². The van der Waals surface area contributed by atoms with Crippen molar-refractivity contribution >= 4 is 17.1 Å². The van der Waals surface area contributed by atoms with Crippen molar-refractivity contribution in [3.8, 4) is 6.07 Å². The first-order valence-electron chi connectivity index (χ1n) is 8.86. The third kappa shape index (κ3) is 2.94. The summed E-state index contributed by atoms with van der Waals surface area (Å²) in [7, 11) is 0. The molecule has 138 valence electrons. The Kier molecular flexibility index (Phi) is 3.93. The van der Waals surface area contributed by atoms with Gasteiger partial charge in [0, 0.05) is 23.7 Å². The molecule has 0 radical (unpaired) electrons. The molecule has 0 aromatic heterocycles. The zero-order valence-corrected chi connectivity index (χ0v) is 15.6. The van der Waals surface area contributed by atoms with Crippen LogP contribution in [0.3, 0.4) is 0 Å². The predicted molar refractivity (Wildman–Crippen MR) is 106 cm³/mol. The van der Waals surface area contributed by atoms with E-state index in [1.165, 1.54) is 0 Å². The van der Waals surface area contributed by atoms with Crippen LogP contribution in [0.15, 0.2) is 64.8 Å². The first kappa shape index (κ1) is 17.2. The van der Waals surface area contributed by atoms with E-state index in [-0.39, 0.29) is 6.17 Å². The van der Waals surface area contributed by atoms with Gasteiger partial charge in [0.1, 0.15) is 17.5 Å². The van der Waals surface area contributed by atoms with Crippen molar-refractivity contribution < 1.29 is 4.74 Å². The molecule has 0 spiro atoms. The molecule has 3 aliphatic rings. The van der Waals surface area contributed by atoms with Crippen LogP contribution < -0.4 is 21.0 Å². The molecule has 0 amide bonds. The molecule has 0 bridgehead atoms. The highest BCUT2D eigenvalue weighted by Gasteiger charge is 2.33. The van der Waals surface area contributed by atoms with E-state index < -0.39 is 5.60 Å². The van der Waals surface area contributed by atoms with Crippen LogP contribution >= 0.6 is 0 Å². The number of hydrazone groups is 1. The molecule has 1 aromatic rings. The number of benzene rings is 1. The Morgan fingerprint density at radius 1 is 1.30 bits per heavy atom. The third-order valence-electron chi connectivity index (χ3n) is 4.85. The number of ether oxygens (including phenoxy) is 1. The normalized spacial score (nSPS) is 23.4. The number of rotatable bonds is 2. The van der Waals surface area contributed by atoms with Crippen molar-refractivity contribution in [3.63, 3.8) is 0 Å². The van der Waals surface area contributed by atoms with E-state index in [9.17, 15) is 5.26 Å². The molecule has 3 N–H and O–H groups in total. The Hall–Kier alpha value is -3.24. The van der Waals surface area contributed by atoms with Gasteiger partial charge in [-0.2, -0.15) is 10.4 Å². The molecular weight excluding hydrogens is 340 g/mol. The molecule has 27 heavy (non-hydrogen) atoms. The molecule has 3 aliphatic heterocycles. The van der Waals surface area contributed by atoms with Gasteiger partial charge in [0.2, 0.25) is 0 Å². The maximum absolute atomic E-state index is 9.68. The Morgan fingerprint density at radius 3 is 2.63 bits per heavy atom. The molecule has 1 aromatic carbocycles. The number of hydrogen-bond donors (Lipinski definition) is 2.